The van der Waals surface area contributed by atoms with Gasteiger partial charge in [-0.2, -0.15) is 0 Å². The van der Waals surface area contributed by atoms with E-state index in [0.29, 0.717) is 6.04 Å². The zero-order valence-electron chi connectivity index (χ0n) is 8.21. The van der Waals surface area contributed by atoms with Gasteiger partial charge in [0, 0.05) is 17.3 Å². The van der Waals surface area contributed by atoms with E-state index in [1.807, 2.05) is 11.3 Å². The van der Waals surface area contributed by atoms with Crippen LogP contribution in [0.5, 0.6) is 0 Å². The number of aromatic nitrogens is 1. The van der Waals surface area contributed by atoms with Gasteiger partial charge in [-0.25, -0.2) is 4.98 Å². The lowest BCUT2D eigenvalue weighted by molar-refractivity contribution is 0.585. The number of nitrogens with zero attached hydrogens (tertiary/aromatic N) is 1. The van der Waals surface area contributed by atoms with Crippen molar-refractivity contribution < 1.29 is 0 Å². The molecule has 13 heavy (non-hydrogen) atoms. The van der Waals surface area contributed by atoms with Gasteiger partial charge in [-0.3, -0.25) is 0 Å². The number of hydrogen-bond acceptors (Lipinski definition) is 3. The van der Waals surface area contributed by atoms with Gasteiger partial charge < -0.3 is 5.32 Å². The summed E-state index contributed by atoms with van der Waals surface area (Å²) in [6.07, 6.45) is 2.70. The molecule has 0 radical (unpaired) electrons. The number of thiazole rings is 1. The maximum atomic E-state index is 4.65. The summed E-state index contributed by atoms with van der Waals surface area (Å²) in [5.74, 6) is 0.799. The molecule has 72 valence electrons. The molecule has 0 bridgehead atoms. The molecule has 1 aliphatic carbocycles. The zero-order valence-corrected chi connectivity index (χ0v) is 9.03. The smallest absolute Gasteiger partial charge is 0.0959 e. The van der Waals surface area contributed by atoms with Crippen LogP contribution in [0.2, 0.25) is 0 Å². The van der Waals surface area contributed by atoms with Crippen LogP contribution >= 0.6 is 11.3 Å². The van der Waals surface area contributed by atoms with Crippen LogP contribution in [0, 0.1) is 0 Å². The molecular weight excluding hydrogens is 180 g/mol. The van der Waals surface area contributed by atoms with Crippen LogP contribution < -0.4 is 5.32 Å². The second-order valence-electron chi connectivity index (χ2n) is 3.66. The second kappa shape index (κ2) is 3.76. The van der Waals surface area contributed by atoms with Gasteiger partial charge in [0.2, 0.25) is 0 Å². The van der Waals surface area contributed by atoms with E-state index < -0.39 is 0 Å². The van der Waals surface area contributed by atoms with E-state index in [1.54, 1.807) is 0 Å². The molecular formula is C10H16N2S. The second-order valence-corrected chi connectivity index (χ2v) is 4.55. The largest absolute Gasteiger partial charge is 0.309 e. The highest BCUT2D eigenvalue weighted by Crippen LogP contribution is 2.41. The average molecular weight is 196 g/mol. The van der Waals surface area contributed by atoms with Gasteiger partial charge in [-0.15, -0.1) is 11.3 Å². The van der Waals surface area contributed by atoms with Gasteiger partial charge in [-0.05, 0) is 26.3 Å². The summed E-state index contributed by atoms with van der Waals surface area (Å²) in [6, 6.07) is 0.411. The zero-order chi connectivity index (χ0) is 9.26. The van der Waals surface area contributed by atoms with E-state index in [4.69, 9.17) is 0 Å². The van der Waals surface area contributed by atoms with E-state index >= 15 is 0 Å². The molecule has 1 atom stereocenters. The SMILES string of the molecule is CCNC(C)c1csc(C2CC2)n1. The number of rotatable bonds is 4. The Morgan fingerprint density at radius 2 is 2.46 bits per heavy atom. The van der Waals surface area contributed by atoms with Gasteiger partial charge in [0.05, 0.1) is 10.7 Å². The lowest BCUT2D eigenvalue weighted by Crippen LogP contribution is -2.17. The molecule has 1 fully saturated rings. The standard InChI is InChI=1S/C10H16N2S/c1-3-11-7(2)9-6-13-10(12-9)8-4-5-8/h6-8,11H,3-5H2,1-2H3. The van der Waals surface area contributed by atoms with Crippen LogP contribution in [0.15, 0.2) is 5.38 Å². The summed E-state index contributed by atoms with van der Waals surface area (Å²) < 4.78 is 0. The first kappa shape index (κ1) is 9.16. The van der Waals surface area contributed by atoms with Gasteiger partial charge in [0.25, 0.3) is 0 Å². The molecule has 1 heterocycles. The van der Waals surface area contributed by atoms with Crippen molar-refractivity contribution >= 4 is 11.3 Å². The van der Waals surface area contributed by atoms with Crippen LogP contribution in [0.1, 0.15) is 49.4 Å². The van der Waals surface area contributed by atoms with Crippen molar-refractivity contribution in [2.45, 2.75) is 38.6 Å². The van der Waals surface area contributed by atoms with Gasteiger partial charge in [0.1, 0.15) is 0 Å². The van der Waals surface area contributed by atoms with Crippen LogP contribution in [0.4, 0.5) is 0 Å². The fraction of sp³-hybridized carbons (Fsp3) is 0.700. The molecule has 1 unspecified atom stereocenters. The molecule has 2 nitrogen and oxygen atoms in total. The molecule has 1 N–H and O–H groups in total. The topological polar surface area (TPSA) is 24.9 Å². The van der Waals surface area contributed by atoms with Crippen LogP contribution in [-0.2, 0) is 0 Å². The monoisotopic (exact) mass is 196 g/mol. The van der Waals surface area contributed by atoms with E-state index in [1.165, 1.54) is 23.5 Å². The lowest BCUT2D eigenvalue weighted by Gasteiger charge is -2.07. The highest BCUT2D eigenvalue weighted by atomic mass is 32.1. The van der Waals surface area contributed by atoms with E-state index in [2.05, 4.69) is 29.5 Å². The summed E-state index contributed by atoms with van der Waals surface area (Å²) in [7, 11) is 0. The Hall–Kier alpha value is -0.410. The van der Waals surface area contributed by atoms with Crippen LogP contribution in [-0.4, -0.2) is 11.5 Å². The normalized spacial score (nSPS) is 18.9. The molecule has 0 aliphatic heterocycles. The summed E-state index contributed by atoms with van der Waals surface area (Å²) in [5, 5.41) is 6.92. The fourth-order valence-electron chi connectivity index (χ4n) is 1.43. The Balaban J connectivity index is 2.03. The Bertz CT molecular complexity index is 278. The predicted octanol–water partition coefficient (Wildman–Crippen LogP) is 2.69. The molecule has 0 amide bonds. The lowest BCUT2D eigenvalue weighted by atomic mass is 10.2. The average Bonchev–Trinajstić information content (AvgIpc) is 2.84. The fourth-order valence-corrected chi connectivity index (χ4v) is 2.51. The minimum Gasteiger partial charge on any atom is -0.309 e. The molecule has 1 aromatic rings. The van der Waals surface area contributed by atoms with Crippen LogP contribution in [0.25, 0.3) is 0 Å². The Morgan fingerprint density at radius 1 is 1.69 bits per heavy atom. The van der Waals surface area contributed by atoms with Crippen molar-refractivity contribution in [1.82, 2.24) is 10.3 Å². The summed E-state index contributed by atoms with van der Waals surface area (Å²) >= 11 is 1.82. The summed E-state index contributed by atoms with van der Waals surface area (Å²) in [4.78, 5) is 4.65. The first-order valence-electron chi connectivity index (χ1n) is 5.00. The maximum Gasteiger partial charge on any atom is 0.0959 e. The van der Waals surface area contributed by atoms with Crippen molar-refractivity contribution in [1.29, 1.82) is 0 Å². The minimum absolute atomic E-state index is 0.411. The third kappa shape index (κ3) is 2.09. The highest BCUT2D eigenvalue weighted by molar-refractivity contribution is 7.09. The van der Waals surface area contributed by atoms with Crippen molar-refractivity contribution in [3.05, 3.63) is 16.1 Å². The Kier molecular flexibility index (Phi) is 2.65. The number of nitrogens with one attached hydrogen (secondary N) is 1. The molecule has 3 heteroatoms. The molecule has 1 saturated carbocycles. The Labute approximate surface area is 83.4 Å². The first-order valence-corrected chi connectivity index (χ1v) is 5.88. The maximum absolute atomic E-state index is 4.65. The van der Waals surface area contributed by atoms with E-state index in [-0.39, 0.29) is 0 Å². The summed E-state index contributed by atoms with van der Waals surface area (Å²) in [6.45, 7) is 5.32. The van der Waals surface area contributed by atoms with Crippen molar-refractivity contribution in [3.8, 4) is 0 Å². The van der Waals surface area contributed by atoms with Crippen molar-refractivity contribution in [2.75, 3.05) is 6.54 Å². The molecule has 0 spiro atoms. The molecule has 0 aromatic carbocycles. The third-order valence-electron chi connectivity index (χ3n) is 2.42. The molecule has 1 aromatic heterocycles. The Morgan fingerprint density at radius 3 is 3.08 bits per heavy atom. The van der Waals surface area contributed by atoms with Crippen LogP contribution in [0.3, 0.4) is 0 Å². The molecule has 0 saturated heterocycles. The molecule has 2 rings (SSSR count). The minimum atomic E-state index is 0.411. The quantitative estimate of drug-likeness (QED) is 0.801. The van der Waals surface area contributed by atoms with Gasteiger partial charge >= 0.3 is 0 Å². The van der Waals surface area contributed by atoms with E-state index in [0.717, 1.165) is 12.5 Å². The number of hydrogen-bond donors (Lipinski definition) is 1. The van der Waals surface area contributed by atoms with E-state index in [9.17, 15) is 0 Å². The third-order valence-corrected chi connectivity index (χ3v) is 3.45. The van der Waals surface area contributed by atoms with Gasteiger partial charge in [-0.1, -0.05) is 6.92 Å². The van der Waals surface area contributed by atoms with Gasteiger partial charge in [0.15, 0.2) is 0 Å². The predicted molar refractivity (Wildman–Crippen MR) is 56.2 cm³/mol. The summed E-state index contributed by atoms with van der Waals surface area (Å²) in [5.41, 5.74) is 1.22. The molecule has 1 aliphatic rings. The highest BCUT2D eigenvalue weighted by Gasteiger charge is 2.27. The first-order chi connectivity index (χ1) is 6.31. The van der Waals surface area contributed by atoms with Crippen molar-refractivity contribution in [3.63, 3.8) is 0 Å². The van der Waals surface area contributed by atoms with Crippen molar-refractivity contribution in [2.24, 2.45) is 0 Å².